The molecule has 1 atom stereocenters. The van der Waals surface area contributed by atoms with Gasteiger partial charge in [-0.25, -0.2) is 9.78 Å². The van der Waals surface area contributed by atoms with Crippen LogP contribution in [-0.4, -0.2) is 33.8 Å². The van der Waals surface area contributed by atoms with Crippen molar-refractivity contribution >= 4 is 45.9 Å². The summed E-state index contributed by atoms with van der Waals surface area (Å²) in [7, 11) is 0. The molecule has 1 fully saturated rings. The highest BCUT2D eigenvalue weighted by Crippen LogP contribution is 2.21. The van der Waals surface area contributed by atoms with Crippen LogP contribution < -0.4 is 10.6 Å². The largest absolute Gasteiger partial charge is 0.325 e. The summed E-state index contributed by atoms with van der Waals surface area (Å²) >= 11 is 7.37. The molecule has 0 saturated carbocycles. The molecule has 0 radical (unpaired) electrons. The molecule has 9 heteroatoms. The van der Waals surface area contributed by atoms with E-state index in [0.717, 1.165) is 10.6 Å². The zero-order valence-corrected chi connectivity index (χ0v) is 14.9. The van der Waals surface area contributed by atoms with Crippen LogP contribution in [0.15, 0.2) is 29.6 Å². The van der Waals surface area contributed by atoms with Crippen molar-refractivity contribution in [3.8, 4) is 0 Å². The molecule has 2 heterocycles. The molecule has 1 aliphatic rings. The third-order valence-corrected chi connectivity index (χ3v) is 4.89. The van der Waals surface area contributed by atoms with Crippen LogP contribution in [0.2, 0.25) is 5.02 Å². The number of carbonyl (C=O) groups is 3. The minimum atomic E-state index is -0.893. The third-order valence-electron chi connectivity index (χ3n) is 3.65. The predicted octanol–water partition coefficient (Wildman–Crippen LogP) is 2.55. The summed E-state index contributed by atoms with van der Waals surface area (Å²) in [6, 6.07) is 5.55. The van der Waals surface area contributed by atoms with Crippen molar-refractivity contribution in [1.82, 2.24) is 15.2 Å². The van der Waals surface area contributed by atoms with Gasteiger partial charge in [0.05, 0.1) is 18.7 Å². The average molecular weight is 379 g/mol. The Morgan fingerprint density at radius 3 is 2.84 bits per heavy atom. The third kappa shape index (κ3) is 3.97. The van der Waals surface area contributed by atoms with Crippen LogP contribution in [0.25, 0.3) is 0 Å². The van der Waals surface area contributed by atoms with E-state index in [9.17, 15) is 14.4 Å². The first kappa shape index (κ1) is 17.4. The number of nitrogens with one attached hydrogen (secondary N) is 2. The minimum absolute atomic E-state index is 0.0636. The molecule has 130 valence electrons. The van der Waals surface area contributed by atoms with E-state index in [2.05, 4.69) is 15.6 Å². The number of benzene rings is 1. The monoisotopic (exact) mass is 378 g/mol. The lowest BCUT2D eigenvalue weighted by atomic mass is 10.1. The van der Waals surface area contributed by atoms with Gasteiger partial charge in [-0.1, -0.05) is 29.8 Å². The maximum absolute atomic E-state index is 12.4. The van der Waals surface area contributed by atoms with E-state index in [1.165, 1.54) is 11.3 Å². The summed E-state index contributed by atoms with van der Waals surface area (Å²) in [6.45, 7) is 1.88. The number of anilines is 1. The van der Waals surface area contributed by atoms with Gasteiger partial charge in [-0.2, -0.15) is 0 Å². The first-order valence-electron chi connectivity index (χ1n) is 7.51. The lowest BCUT2D eigenvalue weighted by molar-refractivity contribution is -0.130. The standard InChI is InChI=1S/C16H15ClN4O3S/c1-9-8-25-15(18-9)20-13(22)6-12-14(23)21(16(24)19-12)7-10-4-2-3-5-11(10)17/h2-5,8,12H,6-7H2,1H3,(H,19,24)(H,18,20,22)/t12-/m1/s1. The van der Waals surface area contributed by atoms with Crippen LogP contribution in [0.1, 0.15) is 17.7 Å². The van der Waals surface area contributed by atoms with Crippen LogP contribution in [0.3, 0.4) is 0 Å². The number of hydrogen-bond donors (Lipinski definition) is 2. The van der Waals surface area contributed by atoms with Crippen molar-refractivity contribution in [3.05, 3.63) is 45.9 Å². The fourth-order valence-corrected chi connectivity index (χ4v) is 3.33. The molecule has 1 saturated heterocycles. The zero-order chi connectivity index (χ0) is 18.0. The molecule has 0 spiro atoms. The predicted molar refractivity (Wildman–Crippen MR) is 94.4 cm³/mol. The summed E-state index contributed by atoms with van der Waals surface area (Å²) in [5.74, 6) is -0.831. The zero-order valence-electron chi connectivity index (χ0n) is 13.3. The summed E-state index contributed by atoms with van der Waals surface area (Å²) in [5, 5.41) is 7.91. The minimum Gasteiger partial charge on any atom is -0.325 e. The number of halogens is 1. The average Bonchev–Trinajstić information content (AvgIpc) is 3.07. The number of rotatable bonds is 5. The molecule has 0 bridgehead atoms. The molecular formula is C16H15ClN4O3S. The SMILES string of the molecule is Cc1csc(NC(=O)C[C@H]2NC(=O)N(Cc3ccccc3Cl)C2=O)n1. The number of urea groups is 1. The number of nitrogens with zero attached hydrogens (tertiary/aromatic N) is 2. The number of amides is 4. The Hall–Kier alpha value is -2.45. The highest BCUT2D eigenvalue weighted by Gasteiger charge is 2.39. The maximum atomic E-state index is 12.4. The first-order chi connectivity index (χ1) is 11.9. The highest BCUT2D eigenvalue weighted by atomic mass is 35.5. The van der Waals surface area contributed by atoms with Gasteiger partial charge >= 0.3 is 6.03 Å². The van der Waals surface area contributed by atoms with Crippen molar-refractivity contribution in [2.45, 2.75) is 25.9 Å². The molecular weight excluding hydrogens is 364 g/mol. The van der Waals surface area contributed by atoms with Crippen molar-refractivity contribution in [3.63, 3.8) is 0 Å². The number of thiazole rings is 1. The summed E-state index contributed by atoms with van der Waals surface area (Å²) in [4.78, 5) is 41.7. The van der Waals surface area contributed by atoms with Crippen LogP contribution in [0.4, 0.5) is 9.93 Å². The van der Waals surface area contributed by atoms with Gasteiger partial charge in [-0.05, 0) is 18.6 Å². The molecule has 1 aliphatic heterocycles. The highest BCUT2D eigenvalue weighted by molar-refractivity contribution is 7.13. The molecule has 2 N–H and O–H groups in total. The van der Waals surface area contributed by atoms with Gasteiger partial charge in [0, 0.05) is 10.4 Å². The van der Waals surface area contributed by atoms with Crippen molar-refractivity contribution < 1.29 is 14.4 Å². The molecule has 7 nitrogen and oxygen atoms in total. The van der Waals surface area contributed by atoms with Crippen molar-refractivity contribution in [2.75, 3.05) is 5.32 Å². The van der Waals surface area contributed by atoms with Gasteiger partial charge in [0.25, 0.3) is 5.91 Å². The van der Waals surface area contributed by atoms with Crippen LogP contribution in [0, 0.1) is 6.92 Å². The van der Waals surface area contributed by atoms with Crippen LogP contribution in [0.5, 0.6) is 0 Å². The Morgan fingerprint density at radius 1 is 1.40 bits per heavy atom. The van der Waals surface area contributed by atoms with Crippen LogP contribution in [-0.2, 0) is 16.1 Å². The first-order valence-corrected chi connectivity index (χ1v) is 8.77. The Kier molecular flexibility index (Phi) is 5.00. The van der Waals surface area contributed by atoms with Gasteiger partial charge < -0.3 is 10.6 Å². The fourth-order valence-electron chi connectivity index (χ4n) is 2.43. The number of aromatic nitrogens is 1. The fraction of sp³-hybridized carbons (Fsp3) is 0.250. The molecule has 25 heavy (non-hydrogen) atoms. The number of imide groups is 1. The lowest BCUT2D eigenvalue weighted by Gasteiger charge is -2.14. The second kappa shape index (κ2) is 7.20. The Morgan fingerprint density at radius 2 is 2.16 bits per heavy atom. The Balaban J connectivity index is 1.62. The maximum Gasteiger partial charge on any atom is 0.325 e. The number of carbonyl (C=O) groups excluding carboxylic acids is 3. The van der Waals surface area contributed by atoms with Crippen molar-refractivity contribution in [2.24, 2.45) is 0 Å². The van der Waals surface area contributed by atoms with Gasteiger partial charge in [-0.15, -0.1) is 11.3 Å². The topological polar surface area (TPSA) is 91.4 Å². The number of hydrogen-bond acceptors (Lipinski definition) is 5. The molecule has 1 aromatic heterocycles. The van der Waals surface area contributed by atoms with E-state index in [4.69, 9.17) is 11.6 Å². The molecule has 2 aromatic rings. The molecule has 4 amide bonds. The van der Waals surface area contributed by atoms with Gasteiger partial charge in [-0.3, -0.25) is 14.5 Å². The van der Waals surface area contributed by atoms with E-state index in [0.29, 0.717) is 15.7 Å². The van der Waals surface area contributed by atoms with Crippen molar-refractivity contribution in [1.29, 1.82) is 0 Å². The Bertz CT molecular complexity index is 838. The van der Waals surface area contributed by atoms with E-state index >= 15 is 0 Å². The lowest BCUT2D eigenvalue weighted by Crippen LogP contribution is -2.34. The smallest absolute Gasteiger partial charge is 0.325 e. The summed E-state index contributed by atoms with van der Waals surface area (Å²) in [6.07, 6.45) is -0.151. The van der Waals surface area contributed by atoms with Gasteiger partial charge in [0.15, 0.2) is 5.13 Å². The molecule has 1 aromatic carbocycles. The number of aryl methyl sites for hydroxylation is 1. The van der Waals surface area contributed by atoms with E-state index in [1.807, 2.05) is 12.3 Å². The van der Waals surface area contributed by atoms with E-state index < -0.39 is 18.0 Å². The molecule has 3 rings (SSSR count). The summed E-state index contributed by atoms with van der Waals surface area (Å²) in [5.41, 5.74) is 1.47. The van der Waals surface area contributed by atoms with Gasteiger partial charge in [0.1, 0.15) is 6.04 Å². The second-order valence-electron chi connectivity index (χ2n) is 5.56. The normalized spacial score (nSPS) is 16.9. The van der Waals surface area contributed by atoms with Gasteiger partial charge in [0.2, 0.25) is 5.91 Å². The summed E-state index contributed by atoms with van der Waals surface area (Å²) < 4.78 is 0. The second-order valence-corrected chi connectivity index (χ2v) is 6.83. The van der Waals surface area contributed by atoms with Crippen LogP contribution >= 0.6 is 22.9 Å². The van der Waals surface area contributed by atoms with E-state index in [1.54, 1.807) is 24.3 Å². The van der Waals surface area contributed by atoms with E-state index in [-0.39, 0.29) is 18.9 Å². The molecule has 0 unspecified atom stereocenters. The molecule has 0 aliphatic carbocycles. The Labute approximate surface area is 153 Å². The quantitative estimate of drug-likeness (QED) is 0.782.